The van der Waals surface area contributed by atoms with Gasteiger partial charge in [-0.25, -0.2) is 13.4 Å². The molecule has 0 aliphatic carbocycles. The Morgan fingerprint density at radius 3 is 2.60 bits per heavy atom. The topological polar surface area (TPSA) is 74.3 Å². The molecule has 0 saturated heterocycles. The summed E-state index contributed by atoms with van der Waals surface area (Å²) < 4.78 is 27.4. The first-order valence-corrected chi connectivity index (χ1v) is 12.5. The molecular formula is C21H25ClN4O2S2. The maximum Gasteiger partial charge on any atom is 0.263 e. The third kappa shape index (κ3) is 6.43. The second kappa shape index (κ2) is 10.8. The van der Waals surface area contributed by atoms with Gasteiger partial charge in [-0.3, -0.25) is 9.62 Å². The van der Waals surface area contributed by atoms with Crippen LogP contribution in [0.3, 0.4) is 0 Å². The number of anilines is 2. The van der Waals surface area contributed by atoms with Gasteiger partial charge in [0.2, 0.25) is 0 Å². The van der Waals surface area contributed by atoms with Gasteiger partial charge in [0.15, 0.2) is 5.82 Å². The first-order valence-electron chi connectivity index (χ1n) is 9.68. The van der Waals surface area contributed by atoms with Crippen molar-refractivity contribution in [3.8, 4) is 0 Å². The molecule has 160 valence electrons. The maximum atomic E-state index is 12.5. The number of nitrogens with zero attached hydrogens (tertiary/aromatic N) is 2. The van der Waals surface area contributed by atoms with Crippen molar-refractivity contribution in [3.05, 3.63) is 70.0 Å². The number of benzene rings is 2. The Morgan fingerprint density at radius 1 is 1.13 bits per heavy atom. The fourth-order valence-corrected chi connectivity index (χ4v) is 4.94. The van der Waals surface area contributed by atoms with Gasteiger partial charge in [-0.15, -0.1) is 11.3 Å². The third-order valence-corrected chi connectivity index (χ3v) is 6.71. The summed E-state index contributed by atoms with van der Waals surface area (Å²) in [4.78, 5) is 6.43. The Balaban J connectivity index is 1.58. The predicted octanol–water partition coefficient (Wildman–Crippen LogP) is 4.92. The Kier molecular flexibility index (Phi) is 8.09. The van der Waals surface area contributed by atoms with Crippen molar-refractivity contribution < 1.29 is 8.42 Å². The number of sulfonamides is 1. The van der Waals surface area contributed by atoms with Gasteiger partial charge in [0.05, 0.1) is 21.1 Å². The second-order valence-corrected chi connectivity index (χ2v) is 9.62. The Bertz CT molecular complexity index is 1030. The molecule has 30 heavy (non-hydrogen) atoms. The molecule has 0 bridgehead atoms. The number of rotatable bonds is 11. The zero-order chi connectivity index (χ0) is 21.4. The normalized spacial score (nSPS) is 11.6. The lowest BCUT2D eigenvalue weighted by atomic mass is 10.2. The molecule has 6 nitrogen and oxygen atoms in total. The minimum absolute atomic E-state index is 0.0998. The summed E-state index contributed by atoms with van der Waals surface area (Å²) in [5, 5.41) is 5.31. The minimum atomic E-state index is -3.72. The van der Waals surface area contributed by atoms with Gasteiger partial charge in [0.1, 0.15) is 0 Å². The van der Waals surface area contributed by atoms with Crippen LogP contribution in [0.1, 0.15) is 18.9 Å². The summed E-state index contributed by atoms with van der Waals surface area (Å²) in [5.74, 6) is 0.299. The van der Waals surface area contributed by atoms with Crippen LogP contribution in [0, 0.1) is 0 Å². The standard InChI is InChI=1S/C21H25ClN4O2S2/c1-2-11-26(14-17-6-4-3-5-7-17)12-10-23-20-9-8-18(13-19(20)22)30(27,28)25-21-15-29-16-24-21/h3-9,13,15-16,23,25H,2,10-12,14H2,1H3. The number of nitrogens with one attached hydrogen (secondary N) is 2. The molecule has 0 radical (unpaired) electrons. The highest BCUT2D eigenvalue weighted by Crippen LogP contribution is 2.26. The zero-order valence-corrected chi connectivity index (χ0v) is 19.1. The quantitative estimate of drug-likeness (QED) is 0.421. The van der Waals surface area contributed by atoms with E-state index >= 15 is 0 Å². The van der Waals surface area contributed by atoms with Crippen molar-refractivity contribution in [1.82, 2.24) is 9.88 Å². The molecule has 1 heterocycles. The van der Waals surface area contributed by atoms with E-state index in [1.807, 2.05) is 6.07 Å². The molecule has 0 saturated carbocycles. The molecule has 9 heteroatoms. The molecule has 0 aliphatic heterocycles. The summed E-state index contributed by atoms with van der Waals surface area (Å²) in [7, 11) is -3.72. The summed E-state index contributed by atoms with van der Waals surface area (Å²) in [6, 6.07) is 15.1. The van der Waals surface area contributed by atoms with Crippen LogP contribution in [-0.2, 0) is 16.6 Å². The van der Waals surface area contributed by atoms with Gasteiger partial charge in [-0.2, -0.15) is 0 Å². The number of thiazole rings is 1. The summed E-state index contributed by atoms with van der Waals surface area (Å²) in [6.07, 6.45) is 1.08. The van der Waals surface area contributed by atoms with Crippen LogP contribution in [0.4, 0.5) is 11.5 Å². The fraction of sp³-hybridized carbons (Fsp3) is 0.286. The van der Waals surface area contributed by atoms with Crippen LogP contribution in [0.15, 0.2) is 64.3 Å². The van der Waals surface area contributed by atoms with Gasteiger partial charge in [-0.1, -0.05) is 48.9 Å². The van der Waals surface area contributed by atoms with E-state index in [0.29, 0.717) is 23.1 Å². The maximum absolute atomic E-state index is 12.5. The van der Waals surface area contributed by atoms with Crippen molar-refractivity contribution in [2.45, 2.75) is 24.8 Å². The molecule has 2 aromatic carbocycles. The smallest absolute Gasteiger partial charge is 0.263 e. The van der Waals surface area contributed by atoms with Crippen LogP contribution in [0.5, 0.6) is 0 Å². The summed E-state index contributed by atoms with van der Waals surface area (Å²) in [5.41, 5.74) is 3.56. The molecule has 0 atom stereocenters. The predicted molar refractivity (Wildman–Crippen MR) is 125 cm³/mol. The number of halogens is 1. The average molecular weight is 465 g/mol. The molecule has 3 rings (SSSR count). The molecule has 1 aromatic heterocycles. The van der Waals surface area contributed by atoms with Crippen LogP contribution in [0.2, 0.25) is 5.02 Å². The van der Waals surface area contributed by atoms with Gasteiger partial charge >= 0.3 is 0 Å². The van der Waals surface area contributed by atoms with E-state index < -0.39 is 10.0 Å². The van der Waals surface area contributed by atoms with Crippen molar-refractivity contribution in [3.63, 3.8) is 0 Å². The van der Waals surface area contributed by atoms with Gasteiger partial charge in [0, 0.05) is 25.0 Å². The molecule has 2 N–H and O–H groups in total. The van der Waals surface area contributed by atoms with Gasteiger partial charge in [-0.05, 0) is 36.7 Å². The SMILES string of the molecule is CCCN(CCNc1ccc(S(=O)(=O)Nc2cscn2)cc1Cl)Cc1ccccc1. The summed E-state index contributed by atoms with van der Waals surface area (Å²) in [6.45, 7) is 5.62. The lowest BCUT2D eigenvalue weighted by molar-refractivity contribution is 0.276. The number of aromatic nitrogens is 1. The number of hydrogen-bond acceptors (Lipinski definition) is 6. The monoisotopic (exact) mass is 464 g/mol. The average Bonchev–Trinajstić information content (AvgIpc) is 3.22. The number of hydrogen-bond donors (Lipinski definition) is 2. The van der Waals surface area contributed by atoms with E-state index in [1.165, 1.54) is 29.0 Å². The van der Waals surface area contributed by atoms with E-state index in [2.05, 4.69) is 51.1 Å². The highest BCUT2D eigenvalue weighted by molar-refractivity contribution is 7.92. The van der Waals surface area contributed by atoms with Crippen LogP contribution < -0.4 is 10.0 Å². The second-order valence-electron chi connectivity index (χ2n) is 6.81. The molecule has 0 amide bonds. The Hall–Kier alpha value is -2.13. The third-order valence-electron chi connectivity index (χ3n) is 4.45. The Labute approximate surface area is 187 Å². The van der Waals surface area contributed by atoms with Crippen LogP contribution in [0.25, 0.3) is 0 Å². The highest BCUT2D eigenvalue weighted by Gasteiger charge is 2.17. The first kappa shape index (κ1) is 22.6. The summed E-state index contributed by atoms with van der Waals surface area (Å²) >= 11 is 7.66. The van der Waals surface area contributed by atoms with Crippen molar-refractivity contribution >= 4 is 44.5 Å². The van der Waals surface area contributed by atoms with E-state index in [0.717, 1.165) is 26.1 Å². The molecule has 0 spiro atoms. The Morgan fingerprint density at radius 2 is 1.93 bits per heavy atom. The molecular weight excluding hydrogens is 440 g/mol. The molecule has 0 unspecified atom stereocenters. The van der Waals surface area contributed by atoms with E-state index in [-0.39, 0.29) is 4.90 Å². The minimum Gasteiger partial charge on any atom is -0.383 e. The highest BCUT2D eigenvalue weighted by atomic mass is 35.5. The molecule has 0 aliphatic rings. The largest absolute Gasteiger partial charge is 0.383 e. The van der Waals surface area contributed by atoms with Gasteiger partial charge in [0.25, 0.3) is 10.0 Å². The van der Waals surface area contributed by atoms with Crippen molar-refractivity contribution in [2.24, 2.45) is 0 Å². The molecule has 0 fully saturated rings. The van der Waals surface area contributed by atoms with E-state index in [9.17, 15) is 8.42 Å². The van der Waals surface area contributed by atoms with Crippen molar-refractivity contribution in [2.75, 3.05) is 29.7 Å². The lowest BCUT2D eigenvalue weighted by Gasteiger charge is -2.22. The zero-order valence-electron chi connectivity index (χ0n) is 16.7. The first-order chi connectivity index (χ1) is 14.5. The van der Waals surface area contributed by atoms with E-state index in [1.54, 1.807) is 17.0 Å². The van der Waals surface area contributed by atoms with Crippen molar-refractivity contribution in [1.29, 1.82) is 0 Å². The van der Waals surface area contributed by atoms with Crippen LogP contribution in [-0.4, -0.2) is 37.9 Å². The van der Waals surface area contributed by atoms with E-state index in [4.69, 9.17) is 11.6 Å². The lowest BCUT2D eigenvalue weighted by Crippen LogP contribution is -2.29. The van der Waals surface area contributed by atoms with Gasteiger partial charge < -0.3 is 5.32 Å². The fourth-order valence-electron chi connectivity index (χ4n) is 3.04. The molecule has 3 aromatic rings. The van der Waals surface area contributed by atoms with Crippen LogP contribution >= 0.6 is 22.9 Å².